The van der Waals surface area contributed by atoms with E-state index in [4.69, 9.17) is 5.73 Å². The fraction of sp³-hybridized carbons (Fsp3) is 0.500. The highest BCUT2D eigenvalue weighted by molar-refractivity contribution is 8.01. The summed E-state index contributed by atoms with van der Waals surface area (Å²) in [6, 6.07) is 9.77. The molecule has 0 spiro atoms. The third-order valence-electron chi connectivity index (χ3n) is 2.83. The average molecular weight is 308 g/mol. The van der Waals surface area contributed by atoms with Crippen LogP contribution in [0.2, 0.25) is 0 Å². The number of rotatable bonds is 7. The minimum atomic E-state index is -0.385. The standard InChI is InChI=1S/C16H24N2O2S/c1-16(2,3)21-12-15(20)18(10-9-14(17)19)11-13-7-5-4-6-8-13/h4-8H,9-12H2,1-3H3,(H2,17,19). The summed E-state index contributed by atoms with van der Waals surface area (Å²) in [6.45, 7) is 7.12. The van der Waals surface area contributed by atoms with Crippen LogP contribution >= 0.6 is 11.8 Å². The lowest BCUT2D eigenvalue weighted by molar-refractivity contribution is -0.129. The van der Waals surface area contributed by atoms with Gasteiger partial charge >= 0.3 is 0 Å². The summed E-state index contributed by atoms with van der Waals surface area (Å²) in [5.74, 6) is 0.0686. The molecule has 0 atom stereocenters. The molecule has 0 aliphatic heterocycles. The van der Waals surface area contributed by atoms with Crippen LogP contribution in [0.1, 0.15) is 32.8 Å². The van der Waals surface area contributed by atoms with E-state index in [9.17, 15) is 9.59 Å². The van der Waals surface area contributed by atoms with Crippen molar-refractivity contribution in [1.82, 2.24) is 4.90 Å². The van der Waals surface area contributed by atoms with Gasteiger partial charge in [0.25, 0.3) is 0 Å². The largest absolute Gasteiger partial charge is 0.370 e. The number of hydrogen-bond donors (Lipinski definition) is 1. The summed E-state index contributed by atoms with van der Waals surface area (Å²) in [5, 5.41) is 0. The van der Waals surface area contributed by atoms with Crippen LogP contribution in [0.15, 0.2) is 30.3 Å². The molecule has 0 aliphatic rings. The van der Waals surface area contributed by atoms with Crippen molar-refractivity contribution in [3.63, 3.8) is 0 Å². The van der Waals surface area contributed by atoms with Crippen molar-refractivity contribution in [2.24, 2.45) is 5.73 Å². The lowest BCUT2D eigenvalue weighted by Crippen LogP contribution is -2.35. The lowest BCUT2D eigenvalue weighted by Gasteiger charge is -2.24. The molecule has 0 radical (unpaired) electrons. The Morgan fingerprint density at radius 3 is 2.33 bits per heavy atom. The van der Waals surface area contributed by atoms with E-state index in [1.807, 2.05) is 30.3 Å². The second kappa shape index (κ2) is 8.08. The van der Waals surface area contributed by atoms with Crippen molar-refractivity contribution in [1.29, 1.82) is 0 Å². The predicted octanol–water partition coefficient (Wildman–Crippen LogP) is 2.42. The van der Waals surface area contributed by atoms with Crippen LogP contribution in [-0.4, -0.2) is 33.8 Å². The van der Waals surface area contributed by atoms with E-state index in [0.717, 1.165) is 5.56 Å². The van der Waals surface area contributed by atoms with Crippen LogP contribution in [0.4, 0.5) is 0 Å². The summed E-state index contributed by atoms with van der Waals surface area (Å²) in [7, 11) is 0. The summed E-state index contributed by atoms with van der Waals surface area (Å²) in [4.78, 5) is 25.0. The van der Waals surface area contributed by atoms with Crippen LogP contribution in [0.3, 0.4) is 0 Å². The van der Waals surface area contributed by atoms with Crippen LogP contribution in [0.5, 0.6) is 0 Å². The molecular weight excluding hydrogens is 284 g/mol. The Kier molecular flexibility index (Phi) is 6.75. The van der Waals surface area contributed by atoms with Gasteiger partial charge in [0.2, 0.25) is 11.8 Å². The first kappa shape index (κ1) is 17.6. The van der Waals surface area contributed by atoms with E-state index in [0.29, 0.717) is 18.8 Å². The van der Waals surface area contributed by atoms with E-state index in [2.05, 4.69) is 20.8 Å². The zero-order valence-corrected chi connectivity index (χ0v) is 13.8. The molecule has 0 bridgehead atoms. The molecule has 0 aliphatic carbocycles. The highest BCUT2D eigenvalue weighted by atomic mass is 32.2. The van der Waals surface area contributed by atoms with Gasteiger partial charge in [0.15, 0.2) is 0 Å². The van der Waals surface area contributed by atoms with Gasteiger partial charge in [0.1, 0.15) is 0 Å². The fourth-order valence-electron chi connectivity index (χ4n) is 1.71. The molecule has 116 valence electrons. The smallest absolute Gasteiger partial charge is 0.232 e. The number of nitrogens with zero attached hydrogens (tertiary/aromatic N) is 1. The Morgan fingerprint density at radius 1 is 1.19 bits per heavy atom. The number of benzene rings is 1. The molecule has 0 unspecified atom stereocenters. The molecule has 1 aromatic rings. The first-order valence-corrected chi connectivity index (χ1v) is 8.00. The molecule has 4 nitrogen and oxygen atoms in total. The molecule has 21 heavy (non-hydrogen) atoms. The van der Waals surface area contributed by atoms with Gasteiger partial charge in [-0.05, 0) is 5.56 Å². The van der Waals surface area contributed by atoms with Gasteiger partial charge < -0.3 is 10.6 Å². The molecule has 0 saturated carbocycles. The molecule has 0 saturated heterocycles. The number of carbonyl (C=O) groups excluding carboxylic acids is 2. The molecule has 2 N–H and O–H groups in total. The van der Waals surface area contributed by atoms with E-state index < -0.39 is 0 Å². The number of hydrogen-bond acceptors (Lipinski definition) is 3. The Hall–Kier alpha value is -1.49. The normalized spacial score (nSPS) is 11.2. The molecule has 2 amide bonds. The van der Waals surface area contributed by atoms with Gasteiger partial charge in [-0.25, -0.2) is 0 Å². The summed E-state index contributed by atoms with van der Waals surface area (Å²) in [6.07, 6.45) is 0.193. The zero-order chi connectivity index (χ0) is 15.9. The maximum atomic E-state index is 12.4. The molecule has 0 aromatic heterocycles. The quantitative estimate of drug-likeness (QED) is 0.841. The number of thioether (sulfide) groups is 1. The average Bonchev–Trinajstić information content (AvgIpc) is 2.41. The van der Waals surface area contributed by atoms with Crippen molar-refractivity contribution in [2.75, 3.05) is 12.3 Å². The molecule has 1 rings (SSSR count). The minimum Gasteiger partial charge on any atom is -0.370 e. The van der Waals surface area contributed by atoms with E-state index in [-0.39, 0.29) is 23.0 Å². The SMILES string of the molecule is CC(C)(C)SCC(=O)N(CCC(N)=O)Cc1ccccc1. The monoisotopic (exact) mass is 308 g/mol. The van der Waals surface area contributed by atoms with Crippen LogP contribution < -0.4 is 5.73 Å². The van der Waals surface area contributed by atoms with Crippen molar-refractivity contribution in [3.05, 3.63) is 35.9 Å². The Labute approximate surface area is 131 Å². The highest BCUT2D eigenvalue weighted by Gasteiger charge is 2.18. The van der Waals surface area contributed by atoms with Crippen molar-refractivity contribution in [2.45, 2.75) is 38.5 Å². The van der Waals surface area contributed by atoms with Gasteiger partial charge in [-0.2, -0.15) is 0 Å². The number of primary amides is 1. The van der Waals surface area contributed by atoms with Gasteiger partial charge in [0.05, 0.1) is 5.75 Å². The molecule has 1 aromatic carbocycles. The van der Waals surface area contributed by atoms with Crippen molar-refractivity contribution in [3.8, 4) is 0 Å². The lowest BCUT2D eigenvalue weighted by atomic mass is 10.2. The van der Waals surface area contributed by atoms with Crippen LogP contribution in [0, 0.1) is 0 Å². The second-order valence-electron chi connectivity index (χ2n) is 5.92. The van der Waals surface area contributed by atoms with E-state index >= 15 is 0 Å². The second-order valence-corrected chi connectivity index (χ2v) is 7.72. The summed E-state index contributed by atoms with van der Waals surface area (Å²) < 4.78 is 0.0394. The summed E-state index contributed by atoms with van der Waals surface area (Å²) >= 11 is 1.61. The van der Waals surface area contributed by atoms with Gasteiger partial charge in [0, 0.05) is 24.3 Å². The van der Waals surface area contributed by atoms with Crippen molar-refractivity contribution < 1.29 is 9.59 Å². The first-order valence-electron chi connectivity index (χ1n) is 7.02. The van der Waals surface area contributed by atoms with Gasteiger partial charge in [-0.15, -0.1) is 11.8 Å². The fourth-order valence-corrected chi connectivity index (χ4v) is 2.45. The topological polar surface area (TPSA) is 63.4 Å². The predicted molar refractivity (Wildman–Crippen MR) is 87.9 cm³/mol. The first-order chi connectivity index (χ1) is 9.78. The minimum absolute atomic E-state index is 0.0394. The van der Waals surface area contributed by atoms with E-state index in [1.54, 1.807) is 16.7 Å². The Balaban J connectivity index is 2.67. The number of amides is 2. The molecule has 0 heterocycles. The van der Waals surface area contributed by atoms with Crippen molar-refractivity contribution >= 4 is 23.6 Å². The molecule has 5 heteroatoms. The Morgan fingerprint density at radius 2 is 1.81 bits per heavy atom. The maximum absolute atomic E-state index is 12.4. The molecular formula is C16H24N2O2S. The van der Waals surface area contributed by atoms with Gasteiger partial charge in [-0.1, -0.05) is 51.1 Å². The van der Waals surface area contributed by atoms with Crippen LogP contribution in [-0.2, 0) is 16.1 Å². The third-order valence-corrected chi connectivity index (χ3v) is 4.08. The third kappa shape index (κ3) is 7.75. The zero-order valence-electron chi connectivity index (χ0n) is 13.0. The van der Waals surface area contributed by atoms with Crippen LogP contribution in [0.25, 0.3) is 0 Å². The maximum Gasteiger partial charge on any atom is 0.232 e. The highest BCUT2D eigenvalue weighted by Crippen LogP contribution is 2.23. The molecule has 0 fully saturated rings. The van der Waals surface area contributed by atoms with E-state index in [1.165, 1.54) is 0 Å². The number of carbonyl (C=O) groups is 2. The Bertz CT molecular complexity index is 469. The van der Waals surface area contributed by atoms with Gasteiger partial charge in [-0.3, -0.25) is 9.59 Å². The number of nitrogens with two attached hydrogens (primary N) is 1. The summed E-state index contributed by atoms with van der Waals surface area (Å²) in [5.41, 5.74) is 6.25.